The number of nitrogens with zero attached hydrogens (tertiary/aromatic N) is 1. The minimum Gasteiger partial charge on any atom is -0.493 e. The van der Waals surface area contributed by atoms with Crippen molar-refractivity contribution in [3.8, 4) is 17.6 Å². The lowest BCUT2D eigenvalue weighted by atomic mass is 10.1. The molecule has 2 rings (SSSR count). The summed E-state index contributed by atoms with van der Waals surface area (Å²) in [6.07, 6.45) is 0.945. The van der Waals surface area contributed by atoms with Gasteiger partial charge in [0.15, 0.2) is 11.5 Å². The molecule has 1 N–H and O–H groups in total. The Morgan fingerprint density at radius 1 is 1.17 bits per heavy atom. The van der Waals surface area contributed by atoms with Crippen molar-refractivity contribution in [3.63, 3.8) is 0 Å². The van der Waals surface area contributed by atoms with Gasteiger partial charge in [0.05, 0.1) is 29.8 Å². The monoisotopic (exact) mass is 388 g/mol. The molecule has 2 aromatic rings. The number of nitrogens with one attached hydrogen (secondary N) is 1. The van der Waals surface area contributed by atoms with Crippen LogP contribution in [0.15, 0.2) is 40.9 Å². The van der Waals surface area contributed by atoms with Crippen LogP contribution in [0, 0.1) is 11.3 Å². The van der Waals surface area contributed by atoms with E-state index in [1.165, 1.54) is 0 Å². The third kappa shape index (κ3) is 4.98. The van der Waals surface area contributed by atoms with Crippen molar-refractivity contribution in [2.75, 3.05) is 13.7 Å². The van der Waals surface area contributed by atoms with Crippen molar-refractivity contribution in [1.82, 2.24) is 5.32 Å². The lowest BCUT2D eigenvalue weighted by Crippen LogP contribution is -2.13. The lowest BCUT2D eigenvalue weighted by molar-refractivity contribution is 0.292. The van der Waals surface area contributed by atoms with E-state index in [0.717, 1.165) is 33.5 Å². The fraction of sp³-hybridized carbons (Fsp3) is 0.316. The molecular formula is C19H21BrN2O2. The average Bonchev–Trinajstić information content (AvgIpc) is 2.60. The summed E-state index contributed by atoms with van der Waals surface area (Å²) in [5, 5.41) is 12.3. The lowest BCUT2D eigenvalue weighted by Gasteiger charge is -2.14. The zero-order valence-corrected chi connectivity index (χ0v) is 15.5. The second-order valence-electron chi connectivity index (χ2n) is 5.37. The van der Waals surface area contributed by atoms with Crippen LogP contribution in [-0.2, 0) is 13.1 Å². The molecule has 24 heavy (non-hydrogen) atoms. The van der Waals surface area contributed by atoms with Gasteiger partial charge in [0.25, 0.3) is 0 Å². The number of rotatable bonds is 8. The molecule has 126 valence electrons. The molecule has 0 atom stereocenters. The van der Waals surface area contributed by atoms with Crippen molar-refractivity contribution < 1.29 is 9.47 Å². The van der Waals surface area contributed by atoms with Crippen molar-refractivity contribution in [2.45, 2.75) is 26.4 Å². The van der Waals surface area contributed by atoms with Gasteiger partial charge in [-0.3, -0.25) is 0 Å². The Balaban J connectivity index is 2.02. The summed E-state index contributed by atoms with van der Waals surface area (Å²) in [6, 6.07) is 13.8. The van der Waals surface area contributed by atoms with E-state index in [2.05, 4.69) is 34.2 Å². The Labute approximate surface area is 151 Å². The maximum absolute atomic E-state index is 8.94. The van der Waals surface area contributed by atoms with E-state index >= 15 is 0 Å². The van der Waals surface area contributed by atoms with Crippen LogP contribution in [0.5, 0.6) is 11.5 Å². The zero-order valence-electron chi connectivity index (χ0n) is 13.9. The van der Waals surface area contributed by atoms with Gasteiger partial charge >= 0.3 is 0 Å². The molecule has 0 heterocycles. The Morgan fingerprint density at radius 2 is 1.96 bits per heavy atom. The van der Waals surface area contributed by atoms with Crippen LogP contribution in [0.25, 0.3) is 0 Å². The predicted octanol–water partition coefficient (Wildman–Crippen LogP) is 4.41. The largest absolute Gasteiger partial charge is 0.493 e. The number of methoxy groups -OCH3 is 1. The molecule has 0 aliphatic rings. The minimum atomic E-state index is 0.655. The van der Waals surface area contributed by atoms with Crippen molar-refractivity contribution in [3.05, 3.63) is 57.6 Å². The summed E-state index contributed by atoms with van der Waals surface area (Å²) >= 11 is 3.56. The summed E-state index contributed by atoms with van der Waals surface area (Å²) in [4.78, 5) is 0. The maximum Gasteiger partial charge on any atom is 0.175 e. The summed E-state index contributed by atoms with van der Waals surface area (Å²) in [7, 11) is 1.64. The number of nitriles is 1. The molecule has 0 aliphatic heterocycles. The highest BCUT2D eigenvalue weighted by atomic mass is 79.9. The maximum atomic E-state index is 8.94. The van der Waals surface area contributed by atoms with Crippen molar-refractivity contribution in [2.24, 2.45) is 0 Å². The van der Waals surface area contributed by atoms with E-state index in [-0.39, 0.29) is 0 Å². The Bertz CT molecular complexity index is 726. The first-order valence-electron chi connectivity index (χ1n) is 7.87. The topological polar surface area (TPSA) is 54.3 Å². The van der Waals surface area contributed by atoms with E-state index in [0.29, 0.717) is 25.3 Å². The van der Waals surface area contributed by atoms with E-state index < -0.39 is 0 Å². The molecule has 0 saturated carbocycles. The highest BCUT2D eigenvalue weighted by molar-refractivity contribution is 9.10. The summed E-state index contributed by atoms with van der Waals surface area (Å²) in [5.41, 5.74) is 2.86. The standard InChI is InChI=1S/C19H21BrN2O2/c1-3-7-24-19-17(20)9-16(10-18(19)23-2)13-22-12-15-6-4-5-14(8-15)11-21/h4-6,8-10,22H,3,7,12-13H2,1-2H3. The molecular weight excluding hydrogens is 368 g/mol. The summed E-state index contributed by atoms with van der Waals surface area (Å²) in [5.74, 6) is 1.46. The SMILES string of the molecule is CCCOc1c(Br)cc(CNCc2cccc(C#N)c2)cc1OC. The molecule has 0 unspecified atom stereocenters. The van der Waals surface area contributed by atoms with Crippen LogP contribution in [0.2, 0.25) is 0 Å². The van der Waals surface area contributed by atoms with Gasteiger partial charge < -0.3 is 14.8 Å². The predicted molar refractivity (Wildman–Crippen MR) is 98.2 cm³/mol. The molecule has 0 aromatic heterocycles. The molecule has 0 fully saturated rings. The third-order valence-corrected chi connectivity index (χ3v) is 4.04. The highest BCUT2D eigenvalue weighted by Gasteiger charge is 2.11. The van der Waals surface area contributed by atoms with Crippen LogP contribution < -0.4 is 14.8 Å². The van der Waals surface area contributed by atoms with Gasteiger partial charge in [-0.15, -0.1) is 0 Å². The van der Waals surface area contributed by atoms with E-state index in [9.17, 15) is 0 Å². The van der Waals surface area contributed by atoms with E-state index in [1.54, 1.807) is 13.2 Å². The first-order chi connectivity index (χ1) is 11.7. The van der Waals surface area contributed by atoms with Crippen LogP contribution >= 0.6 is 15.9 Å². The third-order valence-electron chi connectivity index (χ3n) is 3.45. The first-order valence-corrected chi connectivity index (χ1v) is 8.66. The van der Waals surface area contributed by atoms with Gasteiger partial charge in [-0.25, -0.2) is 0 Å². The smallest absolute Gasteiger partial charge is 0.175 e. The van der Waals surface area contributed by atoms with Crippen LogP contribution in [-0.4, -0.2) is 13.7 Å². The van der Waals surface area contributed by atoms with Gasteiger partial charge in [0.1, 0.15) is 0 Å². The normalized spacial score (nSPS) is 10.2. The Morgan fingerprint density at radius 3 is 2.67 bits per heavy atom. The average molecular weight is 389 g/mol. The second kappa shape index (κ2) is 9.31. The second-order valence-corrected chi connectivity index (χ2v) is 6.23. The molecule has 0 amide bonds. The number of halogens is 1. The number of hydrogen-bond acceptors (Lipinski definition) is 4. The molecule has 2 aromatic carbocycles. The Kier molecular flexibility index (Phi) is 7.10. The van der Waals surface area contributed by atoms with Gasteiger partial charge in [0, 0.05) is 13.1 Å². The highest BCUT2D eigenvalue weighted by Crippen LogP contribution is 2.36. The first kappa shape index (κ1) is 18.3. The van der Waals surface area contributed by atoms with Crippen molar-refractivity contribution >= 4 is 15.9 Å². The van der Waals surface area contributed by atoms with E-state index in [1.807, 2.05) is 30.3 Å². The summed E-state index contributed by atoms with van der Waals surface area (Å²) in [6.45, 7) is 4.12. The molecule has 4 nitrogen and oxygen atoms in total. The van der Waals surface area contributed by atoms with Crippen LogP contribution in [0.4, 0.5) is 0 Å². The molecule has 5 heteroatoms. The van der Waals surface area contributed by atoms with Gasteiger partial charge in [0.2, 0.25) is 0 Å². The fourth-order valence-electron chi connectivity index (χ4n) is 2.32. The summed E-state index contributed by atoms with van der Waals surface area (Å²) < 4.78 is 12.1. The molecule has 0 bridgehead atoms. The molecule has 0 spiro atoms. The minimum absolute atomic E-state index is 0.655. The zero-order chi connectivity index (χ0) is 17.4. The van der Waals surface area contributed by atoms with Gasteiger partial charge in [-0.1, -0.05) is 19.1 Å². The molecule has 0 saturated heterocycles. The fourth-order valence-corrected chi connectivity index (χ4v) is 2.93. The van der Waals surface area contributed by atoms with Crippen molar-refractivity contribution in [1.29, 1.82) is 5.26 Å². The quantitative estimate of drug-likeness (QED) is 0.727. The Hall–Kier alpha value is -2.03. The van der Waals surface area contributed by atoms with Gasteiger partial charge in [-0.05, 0) is 57.7 Å². The molecule has 0 aliphatic carbocycles. The number of benzene rings is 2. The van der Waals surface area contributed by atoms with E-state index in [4.69, 9.17) is 14.7 Å². The number of ether oxygens (including phenoxy) is 2. The van der Waals surface area contributed by atoms with Crippen LogP contribution in [0.3, 0.4) is 0 Å². The number of hydrogen-bond donors (Lipinski definition) is 1. The van der Waals surface area contributed by atoms with Gasteiger partial charge in [-0.2, -0.15) is 5.26 Å². The molecule has 0 radical (unpaired) electrons. The van der Waals surface area contributed by atoms with Crippen LogP contribution in [0.1, 0.15) is 30.0 Å².